The molecule has 0 heterocycles. The lowest BCUT2D eigenvalue weighted by Gasteiger charge is -2.26. The average Bonchev–Trinajstić information content (AvgIpc) is 2.92. The van der Waals surface area contributed by atoms with E-state index in [0.717, 1.165) is 17.1 Å². The van der Waals surface area contributed by atoms with Gasteiger partial charge in [0.1, 0.15) is 12.4 Å². The molecule has 116 valence electrons. The van der Waals surface area contributed by atoms with Crippen LogP contribution in [0.15, 0.2) is 24.3 Å². The van der Waals surface area contributed by atoms with Gasteiger partial charge in [0.15, 0.2) is 0 Å². The summed E-state index contributed by atoms with van der Waals surface area (Å²) < 4.78 is 38.9. The molecule has 0 radical (unpaired) electrons. The predicted octanol–water partition coefficient (Wildman–Crippen LogP) is 1.98. The topological polar surface area (TPSA) is 74.7 Å². The van der Waals surface area contributed by atoms with Gasteiger partial charge < -0.3 is 5.11 Å². The Kier molecular flexibility index (Phi) is 4.95. The van der Waals surface area contributed by atoms with Gasteiger partial charge in [0.05, 0.1) is 5.75 Å². The molecule has 7 heteroatoms. The van der Waals surface area contributed by atoms with E-state index in [9.17, 15) is 17.6 Å². The lowest BCUT2D eigenvalue weighted by atomic mass is 10.2. The number of carboxylic acids is 1. The second-order valence-corrected chi connectivity index (χ2v) is 7.18. The first-order chi connectivity index (χ1) is 9.88. The number of nitrogens with zero attached hydrogens (tertiary/aromatic N) is 1. The number of rotatable bonds is 6. The van der Waals surface area contributed by atoms with Crippen LogP contribution in [0.4, 0.5) is 4.39 Å². The van der Waals surface area contributed by atoms with E-state index in [1.165, 1.54) is 24.3 Å². The molecule has 0 unspecified atom stereocenters. The highest BCUT2D eigenvalue weighted by Crippen LogP contribution is 2.27. The molecule has 1 fully saturated rings. The second-order valence-electron chi connectivity index (χ2n) is 5.26. The van der Waals surface area contributed by atoms with Crippen molar-refractivity contribution < 1.29 is 22.7 Å². The third-order valence-corrected chi connectivity index (χ3v) is 5.48. The zero-order valence-corrected chi connectivity index (χ0v) is 12.4. The van der Waals surface area contributed by atoms with Crippen molar-refractivity contribution in [3.63, 3.8) is 0 Å². The van der Waals surface area contributed by atoms with Crippen LogP contribution in [0.2, 0.25) is 0 Å². The van der Waals surface area contributed by atoms with E-state index in [1.807, 2.05) is 0 Å². The molecule has 5 nitrogen and oxygen atoms in total. The number of hydrogen-bond donors (Lipinski definition) is 1. The largest absolute Gasteiger partial charge is 0.480 e. The number of halogens is 1. The highest BCUT2D eigenvalue weighted by molar-refractivity contribution is 7.88. The summed E-state index contributed by atoms with van der Waals surface area (Å²) in [6.07, 6.45) is 3.20. The Hall–Kier alpha value is -1.47. The third-order valence-electron chi connectivity index (χ3n) is 3.64. The lowest BCUT2D eigenvalue weighted by molar-refractivity contribution is -0.137. The summed E-state index contributed by atoms with van der Waals surface area (Å²) >= 11 is 0. The van der Waals surface area contributed by atoms with Gasteiger partial charge in [-0.15, -0.1) is 0 Å². The molecule has 0 saturated heterocycles. The van der Waals surface area contributed by atoms with Crippen LogP contribution in [0.5, 0.6) is 0 Å². The van der Waals surface area contributed by atoms with Crippen LogP contribution in [-0.4, -0.2) is 36.4 Å². The van der Waals surface area contributed by atoms with E-state index >= 15 is 0 Å². The Morgan fingerprint density at radius 3 is 2.33 bits per heavy atom. The van der Waals surface area contributed by atoms with Gasteiger partial charge in [-0.3, -0.25) is 4.79 Å². The fourth-order valence-corrected chi connectivity index (χ4v) is 4.41. The van der Waals surface area contributed by atoms with Crippen LogP contribution in [0.1, 0.15) is 31.2 Å². The summed E-state index contributed by atoms with van der Waals surface area (Å²) in [6, 6.07) is 4.96. The van der Waals surface area contributed by atoms with Gasteiger partial charge in [-0.1, -0.05) is 25.0 Å². The van der Waals surface area contributed by atoms with Gasteiger partial charge >= 0.3 is 5.97 Å². The van der Waals surface area contributed by atoms with Crippen molar-refractivity contribution in [1.82, 2.24) is 4.31 Å². The molecule has 1 saturated carbocycles. The van der Waals surface area contributed by atoms with E-state index < -0.39 is 28.4 Å². The molecule has 0 spiro atoms. The first-order valence-corrected chi connectivity index (χ1v) is 8.45. The minimum absolute atomic E-state index is 0.244. The maximum absolute atomic E-state index is 12.9. The van der Waals surface area contributed by atoms with E-state index in [2.05, 4.69) is 0 Å². The van der Waals surface area contributed by atoms with Gasteiger partial charge in [0.2, 0.25) is 10.0 Å². The van der Waals surface area contributed by atoms with Crippen molar-refractivity contribution in [3.8, 4) is 0 Å². The smallest absolute Gasteiger partial charge is 0.318 e. The van der Waals surface area contributed by atoms with Gasteiger partial charge in [-0.25, -0.2) is 12.8 Å². The normalized spacial score (nSPS) is 16.5. The van der Waals surface area contributed by atoms with E-state index in [0.29, 0.717) is 18.4 Å². The first-order valence-electron chi connectivity index (χ1n) is 6.84. The molecule has 21 heavy (non-hydrogen) atoms. The fraction of sp³-hybridized carbons (Fsp3) is 0.500. The molecule has 1 aliphatic rings. The van der Waals surface area contributed by atoms with Crippen LogP contribution in [0.25, 0.3) is 0 Å². The standard InChI is InChI=1S/C14H18FNO4S/c15-12-7-5-11(6-8-12)10-21(19,20)16(9-14(17)18)13-3-1-2-4-13/h5-8,13H,1-4,9-10H2,(H,17,18). The van der Waals surface area contributed by atoms with Gasteiger partial charge in [0.25, 0.3) is 0 Å². The van der Waals surface area contributed by atoms with Crippen LogP contribution >= 0.6 is 0 Å². The van der Waals surface area contributed by atoms with Crippen molar-refractivity contribution in [3.05, 3.63) is 35.6 Å². The van der Waals surface area contributed by atoms with Crippen LogP contribution < -0.4 is 0 Å². The predicted molar refractivity (Wildman–Crippen MR) is 75.6 cm³/mol. The highest BCUT2D eigenvalue weighted by atomic mass is 32.2. The molecule has 1 aromatic carbocycles. The Morgan fingerprint density at radius 1 is 1.24 bits per heavy atom. The van der Waals surface area contributed by atoms with Crippen molar-refractivity contribution >= 4 is 16.0 Å². The Morgan fingerprint density at radius 2 is 1.81 bits per heavy atom. The van der Waals surface area contributed by atoms with Crippen LogP contribution in [0.3, 0.4) is 0 Å². The maximum Gasteiger partial charge on any atom is 0.318 e. The monoisotopic (exact) mass is 315 g/mol. The first kappa shape index (κ1) is 15.9. The number of carbonyl (C=O) groups is 1. The van der Waals surface area contributed by atoms with E-state index in [1.54, 1.807) is 0 Å². The van der Waals surface area contributed by atoms with E-state index in [-0.39, 0.29) is 11.8 Å². The van der Waals surface area contributed by atoms with Gasteiger partial charge in [-0.2, -0.15) is 4.31 Å². The SMILES string of the molecule is O=C(O)CN(C1CCCC1)S(=O)(=O)Cc1ccc(F)cc1. The van der Waals surface area contributed by atoms with Crippen molar-refractivity contribution in [2.75, 3.05) is 6.54 Å². The van der Waals surface area contributed by atoms with Crippen molar-refractivity contribution in [2.45, 2.75) is 37.5 Å². The van der Waals surface area contributed by atoms with Crippen molar-refractivity contribution in [1.29, 1.82) is 0 Å². The third kappa shape index (κ3) is 4.25. The minimum Gasteiger partial charge on any atom is -0.480 e. The fourth-order valence-electron chi connectivity index (χ4n) is 2.65. The van der Waals surface area contributed by atoms with Crippen LogP contribution in [-0.2, 0) is 20.6 Å². The molecule has 0 aliphatic heterocycles. The zero-order valence-electron chi connectivity index (χ0n) is 11.5. The number of benzene rings is 1. The summed E-state index contributed by atoms with van der Waals surface area (Å²) in [5, 5.41) is 8.95. The van der Waals surface area contributed by atoms with Gasteiger partial charge in [-0.05, 0) is 30.5 Å². The molecule has 1 aliphatic carbocycles. The molecular weight excluding hydrogens is 297 g/mol. The highest BCUT2D eigenvalue weighted by Gasteiger charge is 2.33. The molecule has 0 amide bonds. The molecule has 0 atom stereocenters. The summed E-state index contributed by atoms with van der Waals surface area (Å²) in [6.45, 7) is -0.520. The van der Waals surface area contributed by atoms with Crippen molar-refractivity contribution in [2.24, 2.45) is 0 Å². The van der Waals surface area contributed by atoms with E-state index in [4.69, 9.17) is 5.11 Å². The number of hydrogen-bond acceptors (Lipinski definition) is 3. The molecule has 1 N–H and O–H groups in total. The summed E-state index contributed by atoms with van der Waals surface area (Å²) in [5.41, 5.74) is 0.449. The summed E-state index contributed by atoms with van der Waals surface area (Å²) in [4.78, 5) is 11.0. The Labute approximate surface area is 123 Å². The second kappa shape index (κ2) is 6.53. The molecule has 2 rings (SSSR count). The Bertz CT molecular complexity index is 594. The molecule has 0 aromatic heterocycles. The lowest BCUT2D eigenvalue weighted by Crippen LogP contribution is -2.42. The van der Waals surface area contributed by atoms with Crippen LogP contribution in [0, 0.1) is 5.82 Å². The zero-order chi connectivity index (χ0) is 15.5. The quantitative estimate of drug-likeness (QED) is 0.871. The Balaban J connectivity index is 2.19. The number of carboxylic acid groups (broad SMARTS) is 1. The summed E-state index contributed by atoms with van der Waals surface area (Å²) in [5.74, 6) is -1.91. The average molecular weight is 315 g/mol. The minimum atomic E-state index is -3.74. The number of sulfonamides is 1. The summed E-state index contributed by atoms with van der Waals surface area (Å²) in [7, 11) is -3.74. The number of aliphatic carboxylic acids is 1. The molecular formula is C14H18FNO4S. The molecule has 0 bridgehead atoms. The maximum atomic E-state index is 12.9. The van der Waals surface area contributed by atoms with Gasteiger partial charge in [0, 0.05) is 6.04 Å². The molecule has 1 aromatic rings.